The van der Waals surface area contributed by atoms with Crippen molar-refractivity contribution in [1.29, 1.82) is 0 Å². The number of thiophene rings is 1. The first-order valence-electron chi connectivity index (χ1n) is 13.0. The summed E-state index contributed by atoms with van der Waals surface area (Å²) < 4.78 is 30.4. The minimum Gasteiger partial charge on any atom is -0.618 e. The standard InChI is InChI=1S/C27H25ClN6O5S2/c28-20-7-6-18-12-25(40-23(18)13-20)41(38,39)32-10-11-33(21(17-32)16-31-8-3-5-24(31)35)27(36)26-29-14-19(15-30-26)22-4-1-2-9-34(22)37/h1-2,4,6-7,9,12-15,21H,3,5,8,10-11,16-17H2. The van der Waals surface area contributed by atoms with Gasteiger partial charge < -0.3 is 15.0 Å². The SMILES string of the molecule is O=C1CCCN1CC1CN(S(=O)(=O)c2cc3ccc(Cl)cc3s2)CCN1C(=O)c1ncc(-c2cccc[n+]2[O-])cn1. The molecule has 14 heteroatoms. The van der Waals surface area contributed by atoms with E-state index in [0.29, 0.717) is 34.0 Å². The predicted octanol–water partition coefficient (Wildman–Crippen LogP) is 2.78. The van der Waals surface area contributed by atoms with Gasteiger partial charge in [-0.15, -0.1) is 11.3 Å². The molecule has 41 heavy (non-hydrogen) atoms. The molecule has 4 aromatic rings. The zero-order chi connectivity index (χ0) is 28.7. The van der Waals surface area contributed by atoms with E-state index in [1.165, 1.54) is 22.9 Å². The number of hydrogen-bond donors (Lipinski definition) is 0. The van der Waals surface area contributed by atoms with E-state index < -0.39 is 22.0 Å². The average Bonchev–Trinajstić information content (AvgIpc) is 3.59. The number of rotatable bonds is 6. The van der Waals surface area contributed by atoms with Gasteiger partial charge >= 0.3 is 0 Å². The number of pyridine rings is 1. The molecule has 2 aliphatic rings. The summed E-state index contributed by atoms with van der Waals surface area (Å²) in [5.74, 6) is -0.560. The Morgan fingerprint density at radius 2 is 1.93 bits per heavy atom. The van der Waals surface area contributed by atoms with Crippen molar-refractivity contribution in [3.8, 4) is 11.3 Å². The van der Waals surface area contributed by atoms with Gasteiger partial charge in [-0.3, -0.25) is 9.59 Å². The lowest BCUT2D eigenvalue weighted by Crippen LogP contribution is -2.60. The topological polar surface area (TPSA) is 131 Å². The zero-order valence-electron chi connectivity index (χ0n) is 21.7. The van der Waals surface area contributed by atoms with Crippen molar-refractivity contribution in [1.82, 2.24) is 24.1 Å². The van der Waals surface area contributed by atoms with E-state index in [4.69, 9.17) is 11.6 Å². The molecule has 2 aliphatic heterocycles. The Balaban J connectivity index is 1.26. The Morgan fingerprint density at radius 3 is 2.66 bits per heavy atom. The maximum Gasteiger partial charge on any atom is 0.292 e. The van der Waals surface area contributed by atoms with Gasteiger partial charge in [0.2, 0.25) is 17.4 Å². The Morgan fingerprint density at radius 1 is 1.12 bits per heavy atom. The van der Waals surface area contributed by atoms with E-state index in [1.54, 1.807) is 52.3 Å². The molecular formula is C27H25ClN6O5S2. The molecule has 2 fully saturated rings. The van der Waals surface area contributed by atoms with Crippen molar-refractivity contribution in [2.45, 2.75) is 23.1 Å². The fourth-order valence-electron chi connectivity index (χ4n) is 5.21. The molecule has 0 bridgehead atoms. The Kier molecular flexibility index (Phi) is 7.36. The molecular weight excluding hydrogens is 588 g/mol. The number of carbonyl (C=O) groups is 2. The first-order valence-corrected chi connectivity index (χ1v) is 15.6. The number of benzene rings is 1. The summed E-state index contributed by atoms with van der Waals surface area (Å²) >= 11 is 7.25. The molecule has 1 aromatic carbocycles. The molecule has 0 saturated carbocycles. The number of halogens is 1. The van der Waals surface area contributed by atoms with E-state index in [9.17, 15) is 23.2 Å². The van der Waals surface area contributed by atoms with Crippen LogP contribution in [0.25, 0.3) is 21.3 Å². The number of sulfonamides is 1. The summed E-state index contributed by atoms with van der Waals surface area (Å²) in [4.78, 5) is 37.7. The number of hydrogen-bond acceptors (Lipinski definition) is 8. The predicted molar refractivity (Wildman–Crippen MR) is 153 cm³/mol. The summed E-state index contributed by atoms with van der Waals surface area (Å²) in [5.41, 5.74) is 0.802. The number of fused-ring (bicyclic) bond motifs is 1. The van der Waals surface area contributed by atoms with Crippen LogP contribution < -0.4 is 4.73 Å². The van der Waals surface area contributed by atoms with Crippen molar-refractivity contribution in [3.63, 3.8) is 0 Å². The van der Waals surface area contributed by atoms with Crippen molar-refractivity contribution in [2.75, 3.05) is 32.7 Å². The molecule has 1 atom stereocenters. The highest BCUT2D eigenvalue weighted by Crippen LogP contribution is 2.33. The van der Waals surface area contributed by atoms with Crippen LogP contribution in [0.5, 0.6) is 0 Å². The first-order chi connectivity index (χ1) is 19.7. The van der Waals surface area contributed by atoms with Gasteiger partial charge in [0.15, 0.2) is 6.20 Å². The molecule has 2 saturated heterocycles. The lowest BCUT2D eigenvalue weighted by Gasteiger charge is -2.41. The molecule has 3 aromatic heterocycles. The lowest BCUT2D eigenvalue weighted by atomic mass is 10.1. The lowest BCUT2D eigenvalue weighted by molar-refractivity contribution is -0.593. The third-order valence-corrected chi connectivity index (χ3v) is 11.0. The maximum atomic E-state index is 13.7. The number of piperazine rings is 1. The van der Waals surface area contributed by atoms with E-state index in [-0.39, 0.29) is 42.1 Å². The zero-order valence-corrected chi connectivity index (χ0v) is 24.1. The van der Waals surface area contributed by atoms with Crippen LogP contribution >= 0.6 is 22.9 Å². The van der Waals surface area contributed by atoms with Crippen molar-refractivity contribution in [2.24, 2.45) is 0 Å². The van der Waals surface area contributed by atoms with Crippen LogP contribution in [0.4, 0.5) is 0 Å². The Bertz CT molecular complexity index is 1750. The number of nitrogens with zero attached hydrogens (tertiary/aromatic N) is 6. The molecule has 11 nitrogen and oxygen atoms in total. The summed E-state index contributed by atoms with van der Waals surface area (Å²) in [5, 5.41) is 13.4. The largest absolute Gasteiger partial charge is 0.618 e. The quantitative estimate of drug-likeness (QED) is 0.242. The molecule has 212 valence electrons. The fraction of sp³-hybridized carbons (Fsp3) is 0.296. The molecule has 1 unspecified atom stereocenters. The second-order valence-corrected chi connectivity index (χ2v) is 13.6. The van der Waals surface area contributed by atoms with E-state index >= 15 is 0 Å². The summed E-state index contributed by atoms with van der Waals surface area (Å²) in [7, 11) is -3.87. The molecule has 0 radical (unpaired) electrons. The molecule has 2 amide bonds. The Labute approximate surface area is 245 Å². The van der Waals surface area contributed by atoms with Crippen LogP contribution in [0.1, 0.15) is 23.5 Å². The van der Waals surface area contributed by atoms with Crippen LogP contribution in [0.3, 0.4) is 0 Å². The van der Waals surface area contributed by atoms with Gasteiger partial charge in [0.25, 0.3) is 15.9 Å². The number of carbonyl (C=O) groups excluding carboxylic acids is 2. The third kappa shape index (κ3) is 5.37. The van der Waals surface area contributed by atoms with Crippen LogP contribution in [-0.4, -0.2) is 83.1 Å². The highest BCUT2D eigenvalue weighted by Gasteiger charge is 2.39. The van der Waals surface area contributed by atoms with Gasteiger partial charge in [-0.25, -0.2) is 18.4 Å². The molecule has 0 N–H and O–H groups in total. The van der Waals surface area contributed by atoms with Gasteiger partial charge in [-0.05, 0) is 36.1 Å². The smallest absolute Gasteiger partial charge is 0.292 e. The fourth-order valence-corrected chi connectivity index (χ4v) is 8.50. The van der Waals surface area contributed by atoms with Crippen molar-refractivity contribution < 1.29 is 22.7 Å². The van der Waals surface area contributed by atoms with Crippen LogP contribution in [-0.2, 0) is 14.8 Å². The van der Waals surface area contributed by atoms with Crippen LogP contribution in [0.2, 0.25) is 5.02 Å². The molecule has 5 heterocycles. The Hall–Kier alpha value is -3.65. The molecule has 6 rings (SSSR count). The van der Waals surface area contributed by atoms with Crippen LogP contribution in [0, 0.1) is 5.21 Å². The van der Waals surface area contributed by atoms with Gasteiger partial charge in [0, 0.05) is 73.4 Å². The summed E-state index contributed by atoms with van der Waals surface area (Å²) in [6.45, 7) is 0.957. The first kappa shape index (κ1) is 27.5. The number of likely N-dealkylation sites (tertiary alicyclic amines) is 1. The van der Waals surface area contributed by atoms with Gasteiger partial charge in [-0.1, -0.05) is 17.7 Å². The maximum absolute atomic E-state index is 13.7. The summed E-state index contributed by atoms with van der Waals surface area (Å²) in [6, 6.07) is 11.2. The van der Waals surface area contributed by atoms with E-state index in [1.807, 2.05) is 0 Å². The van der Waals surface area contributed by atoms with Crippen LogP contribution in [0.15, 0.2) is 65.3 Å². The average molecular weight is 613 g/mol. The van der Waals surface area contributed by atoms with Gasteiger partial charge in [0.1, 0.15) is 4.21 Å². The minimum absolute atomic E-state index is 0.0190. The third-order valence-electron chi connectivity index (χ3n) is 7.33. The minimum atomic E-state index is -3.87. The summed E-state index contributed by atoms with van der Waals surface area (Å²) in [6.07, 6.45) is 5.33. The van der Waals surface area contributed by atoms with Gasteiger partial charge in [-0.2, -0.15) is 9.04 Å². The number of amides is 2. The number of aromatic nitrogens is 3. The van der Waals surface area contributed by atoms with Crippen molar-refractivity contribution in [3.05, 3.63) is 77.1 Å². The molecule has 0 aliphatic carbocycles. The van der Waals surface area contributed by atoms with Gasteiger partial charge in [0.05, 0.1) is 11.6 Å². The second kappa shape index (κ2) is 11.0. The van der Waals surface area contributed by atoms with E-state index in [2.05, 4.69) is 9.97 Å². The second-order valence-electron chi connectivity index (χ2n) is 9.91. The highest BCUT2D eigenvalue weighted by molar-refractivity contribution is 7.91. The van der Waals surface area contributed by atoms with E-state index in [0.717, 1.165) is 27.8 Å². The monoisotopic (exact) mass is 612 g/mol. The normalized spacial score (nSPS) is 18.4. The highest BCUT2D eigenvalue weighted by atomic mass is 35.5. The molecule has 0 spiro atoms. The van der Waals surface area contributed by atoms with Crippen molar-refractivity contribution >= 4 is 54.9 Å².